The highest BCUT2D eigenvalue weighted by molar-refractivity contribution is 6.03. The average Bonchev–Trinajstić information content (AvgIpc) is 2.83. The molecule has 1 heterocycles. The van der Waals surface area contributed by atoms with E-state index in [-0.39, 0.29) is 5.56 Å². The number of carbonyl (C=O) groups excluding carboxylic acids is 1. The van der Waals surface area contributed by atoms with Crippen LogP contribution in [0.4, 0.5) is 8.78 Å². The van der Waals surface area contributed by atoms with E-state index in [1.807, 2.05) is 39.8 Å². The van der Waals surface area contributed by atoms with Crippen LogP contribution in [0.15, 0.2) is 53.2 Å². The van der Waals surface area contributed by atoms with E-state index < -0.39 is 17.2 Å². The number of hydrogen-bond acceptors (Lipinski definition) is 3. The smallest absolute Gasteiger partial charge is 0.230 e. The first-order valence-corrected chi connectivity index (χ1v) is 7.80. The van der Waals surface area contributed by atoms with E-state index in [9.17, 15) is 13.6 Å². The van der Waals surface area contributed by atoms with E-state index in [0.717, 1.165) is 11.8 Å². The zero-order chi connectivity index (χ0) is 19.0. The Morgan fingerprint density at radius 3 is 2.56 bits per heavy atom. The van der Waals surface area contributed by atoms with Gasteiger partial charge in [0.05, 0.1) is 11.3 Å². The molecule has 1 aromatic rings. The van der Waals surface area contributed by atoms with Gasteiger partial charge in [0.25, 0.3) is 0 Å². The Kier molecular flexibility index (Phi) is 7.36. The molecule has 0 fully saturated rings. The number of aliphatic imine (C=N–C) groups is 1. The van der Waals surface area contributed by atoms with Gasteiger partial charge < -0.3 is 0 Å². The van der Waals surface area contributed by atoms with Crippen molar-refractivity contribution in [1.82, 2.24) is 5.01 Å². The van der Waals surface area contributed by atoms with Crippen LogP contribution in [0.3, 0.4) is 0 Å². The summed E-state index contributed by atoms with van der Waals surface area (Å²) in [5.74, 6) is -1.29. The summed E-state index contributed by atoms with van der Waals surface area (Å²) in [5, 5.41) is 5.29. The van der Waals surface area contributed by atoms with E-state index in [4.69, 9.17) is 0 Å². The lowest BCUT2D eigenvalue weighted by molar-refractivity contribution is -0.121. The monoisotopic (exact) mass is 347 g/mol. The third-order valence-electron chi connectivity index (χ3n) is 3.49. The summed E-state index contributed by atoms with van der Waals surface area (Å²) in [6.45, 7) is 11.0. The number of amides is 1. The summed E-state index contributed by atoms with van der Waals surface area (Å²) in [4.78, 5) is 14.7. The van der Waals surface area contributed by atoms with Gasteiger partial charge in [-0.25, -0.2) is 13.8 Å². The van der Waals surface area contributed by atoms with Gasteiger partial charge in [0.1, 0.15) is 11.6 Å². The highest BCUT2D eigenvalue weighted by Gasteiger charge is 2.35. The normalized spacial score (nSPS) is 16.3. The Hall–Kier alpha value is -2.63. The van der Waals surface area contributed by atoms with Crippen molar-refractivity contribution < 1.29 is 13.6 Å². The molecule has 4 nitrogen and oxygen atoms in total. The zero-order valence-corrected chi connectivity index (χ0v) is 15.0. The molecule has 0 saturated heterocycles. The van der Waals surface area contributed by atoms with Gasteiger partial charge in [-0.2, -0.15) is 5.10 Å². The first-order valence-electron chi connectivity index (χ1n) is 7.80. The third-order valence-corrected chi connectivity index (χ3v) is 3.49. The van der Waals surface area contributed by atoms with Gasteiger partial charge in [-0.3, -0.25) is 9.79 Å². The van der Waals surface area contributed by atoms with Crippen LogP contribution in [0, 0.1) is 11.6 Å². The van der Waals surface area contributed by atoms with Crippen LogP contribution in [-0.2, 0) is 4.79 Å². The molecule has 134 valence electrons. The SMILES string of the molecule is C=CN=C(C)/C=C\C.CC1(C)CC(c2ccc(F)cc2F)=NN1C=O. The summed E-state index contributed by atoms with van der Waals surface area (Å²) in [6.07, 6.45) is 6.46. The number of carbonyl (C=O) groups is 1. The van der Waals surface area contributed by atoms with Gasteiger partial charge in [0.15, 0.2) is 0 Å². The molecule has 1 amide bonds. The molecule has 0 unspecified atom stereocenters. The fourth-order valence-electron chi connectivity index (χ4n) is 2.26. The van der Waals surface area contributed by atoms with E-state index in [1.165, 1.54) is 23.3 Å². The highest BCUT2D eigenvalue weighted by Crippen LogP contribution is 2.28. The second kappa shape index (κ2) is 9.01. The van der Waals surface area contributed by atoms with Crippen LogP contribution < -0.4 is 0 Å². The van der Waals surface area contributed by atoms with Crippen LogP contribution in [0.2, 0.25) is 0 Å². The van der Waals surface area contributed by atoms with Crippen molar-refractivity contribution >= 4 is 17.8 Å². The van der Waals surface area contributed by atoms with E-state index in [0.29, 0.717) is 18.5 Å². The number of benzene rings is 1. The van der Waals surface area contributed by atoms with Crippen LogP contribution >= 0.6 is 0 Å². The highest BCUT2D eigenvalue weighted by atomic mass is 19.1. The van der Waals surface area contributed by atoms with Gasteiger partial charge in [-0.05, 0) is 45.9 Å². The molecule has 1 aliphatic rings. The molecule has 0 bridgehead atoms. The van der Waals surface area contributed by atoms with Crippen molar-refractivity contribution in [2.45, 2.75) is 39.7 Å². The zero-order valence-electron chi connectivity index (χ0n) is 15.0. The Labute approximate surface area is 147 Å². The maximum absolute atomic E-state index is 13.6. The molecule has 1 aromatic carbocycles. The van der Waals surface area contributed by atoms with Crippen molar-refractivity contribution in [2.75, 3.05) is 0 Å². The number of rotatable bonds is 4. The van der Waals surface area contributed by atoms with Gasteiger partial charge in [-0.15, -0.1) is 0 Å². The Morgan fingerprint density at radius 1 is 1.40 bits per heavy atom. The number of halogens is 2. The van der Waals surface area contributed by atoms with Gasteiger partial charge >= 0.3 is 0 Å². The van der Waals surface area contributed by atoms with Gasteiger partial charge in [0, 0.05) is 30.0 Å². The predicted octanol–water partition coefficient (Wildman–Crippen LogP) is 4.48. The molecular formula is C19H23F2N3O. The molecule has 0 radical (unpaired) electrons. The summed E-state index contributed by atoms with van der Waals surface area (Å²) in [7, 11) is 0. The van der Waals surface area contributed by atoms with Gasteiger partial charge in [0.2, 0.25) is 6.41 Å². The minimum absolute atomic E-state index is 0.240. The molecule has 0 saturated carbocycles. The maximum atomic E-state index is 13.6. The second-order valence-electron chi connectivity index (χ2n) is 6.06. The Bertz CT molecular complexity index is 721. The quantitative estimate of drug-likeness (QED) is 0.585. The molecule has 1 aliphatic heterocycles. The first kappa shape index (κ1) is 20.4. The van der Waals surface area contributed by atoms with E-state index >= 15 is 0 Å². The lowest BCUT2D eigenvalue weighted by Crippen LogP contribution is -2.35. The number of hydrazone groups is 1. The molecular weight excluding hydrogens is 324 g/mol. The number of allylic oxidation sites excluding steroid dienone is 2. The summed E-state index contributed by atoms with van der Waals surface area (Å²) in [5.41, 5.74) is 1.21. The fourth-order valence-corrected chi connectivity index (χ4v) is 2.26. The molecule has 6 heteroatoms. The standard InChI is InChI=1S/C12H12F2N2O.C7H11N/c1-12(2)6-11(15-16(12)7-17)9-4-3-8(13)5-10(9)14;1-4-6-7(3)8-5-2/h3-5,7H,6H2,1-2H3;4-6H,2H2,1,3H3/b;6-4-,8-7?. The Balaban J connectivity index is 0.000000333. The first-order chi connectivity index (χ1) is 11.7. The largest absolute Gasteiger partial charge is 0.277 e. The van der Waals surface area contributed by atoms with Crippen molar-refractivity contribution in [1.29, 1.82) is 0 Å². The van der Waals surface area contributed by atoms with E-state index in [2.05, 4.69) is 16.7 Å². The summed E-state index contributed by atoms with van der Waals surface area (Å²) in [6, 6.07) is 3.33. The minimum atomic E-state index is -0.660. The number of hydrogen-bond donors (Lipinski definition) is 0. The van der Waals surface area contributed by atoms with Crippen LogP contribution in [-0.4, -0.2) is 28.4 Å². The van der Waals surface area contributed by atoms with Crippen LogP contribution in [0.5, 0.6) is 0 Å². The maximum Gasteiger partial charge on any atom is 0.230 e. The topological polar surface area (TPSA) is 45.0 Å². The molecule has 25 heavy (non-hydrogen) atoms. The van der Waals surface area contributed by atoms with Crippen molar-refractivity contribution in [3.05, 3.63) is 60.3 Å². The molecule has 0 spiro atoms. The molecule has 0 N–H and O–H groups in total. The summed E-state index contributed by atoms with van der Waals surface area (Å²) < 4.78 is 26.3. The molecule has 0 aromatic heterocycles. The lowest BCUT2D eigenvalue weighted by atomic mass is 9.95. The minimum Gasteiger partial charge on any atom is -0.277 e. The molecule has 0 atom stereocenters. The van der Waals surface area contributed by atoms with E-state index in [1.54, 1.807) is 0 Å². The Morgan fingerprint density at radius 2 is 2.08 bits per heavy atom. The number of nitrogens with zero attached hydrogens (tertiary/aromatic N) is 3. The van der Waals surface area contributed by atoms with Gasteiger partial charge in [-0.1, -0.05) is 12.7 Å². The molecule has 2 rings (SSSR count). The third kappa shape index (κ3) is 5.74. The van der Waals surface area contributed by atoms with Crippen molar-refractivity contribution in [2.24, 2.45) is 10.1 Å². The van der Waals surface area contributed by atoms with Crippen LogP contribution in [0.1, 0.15) is 39.7 Å². The average molecular weight is 347 g/mol. The van der Waals surface area contributed by atoms with Crippen molar-refractivity contribution in [3.8, 4) is 0 Å². The second-order valence-corrected chi connectivity index (χ2v) is 6.06. The van der Waals surface area contributed by atoms with Crippen molar-refractivity contribution in [3.63, 3.8) is 0 Å². The molecule has 0 aliphatic carbocycles. The lowest BCUT2D eigenvalue weighted by Gasteiger charge is -2.24. The van der Waals surface area contributed by atoms with Crippen LogP contribution in [0.25, 0.3) is 0 Å². The predicted molar refractivity (Wildman–Crippen MR) is 97.6 cm³/mol. The summed E-state index contributed by atoms with van der Waals surface area (Å²) >= 11 is 0. The fraction of sp³-hybridized carbons (Fsp3) is 0.316.